The Labute approximate surface area is 185 Å². The molecule has 0 aliphatic carbocycles. The number of carbonyl (C=O) groups excluding carboxylic acids is 3. The van der Waals surface area contributed by atoms with Crippen LogP contribution in [0.3, 0.4) is 0 Å². The first-order valence-electron chi connectivity index (χ1n) is 10.5. The van der Waals surface area contributed by atoms with Crippen LogP contribution >= 0.6 is 0 Å². The molecule has 3 heterocycles. The fourth-order valence-electron chi connectivity index (χ4n) is 3.94. The molecule has 0 saturated carbocycles. The molecule has 4 rings (SSSR count). The standard InChI is InChI=1S/C21H25N5O5S/c1-14-5-6-16(13-32(14,30)31)22-21(29)15-3-2-4-18(9-15)26-11-17(23-24-26)10-25-12-19(27)7-8-20(25)28/h2-4,9,11,14,16H,5-8,10,12-13H2,1H3,(H,22,29). The highest BCUT2D eigenvalue weighted by molar-refractivity contribution is 7.92. The summed E-state index contributed by atoms with van der Waals surface area (Å²) < 4.78 is 25.7. The molecule has 2 aliphatic heterocycles. The Bertz CT molecular complexity index is 1160. The molecule has 32 heavy (non-hydrogen) atoms. The number of sulfone groups is 1. The minimum atomic E-state index is -3.19. The first-order chi connectivity index (χ1) is 15.2. The maximum Gasteiger partial charge on any atom is 0.251 e. The van der Waals surface area contributed by atoms with E-state index in [1.165, 1.54) is 9.58 Å². The molecule has 2 fully saturated rings. The largest absolute Gasteiger partial charge is 0.348 e. The fraction of sp³-hybridized carbons (Fsp3) is 0.476. The number of carbonyl (C=O) groups is 3. The van der Waals surface area contributed by atoms with Gasteiger partial charge >= 0.3 is 0 Å². The lowest BCUT2D eigenvalue weighted by atomic mass is 10.1. The van der Waals surface area contributed by atoms with E-state index in [1.54, 1.807) is 37.4 Å². The van der Waals surface area contributed by atoms with Gasteiger partial charge in [-0.05, 0) is 38.0 Å². The summed E-state index contributed by atoms with van der Waals surface area (Å²) in [6, 6.07) is 6.35. The van der Waals surface area contributed by atoms with Crippen LogP contribution in [0.1, 0.15) is 48.7 Å². The number of rotatable bonds is 5. The predicted molar refractivity (Wildman–Crippen MR) is 115 cm³/mol. The number of nitrogens with zero attached hydrogens (tertiary/aromatic N) is 4. The van der Waals surface area contributed by atoms with E-state index in [1.807, 2.05) is 0 Å². The van der Waals surface area contributed by atoms with E-state index in [2.05, 4.69) is 15.6 Å². The monoisotopic (exact) mass is 459 g/mol. The number of benzene rings is 1. The van der Waals surface area contributed by atoms with Crippen LogP contribution in [0.2, 0.25) is 0 Å². The van der Waals surface area contributed by atoms with Crippen molar-refractivity contribution in [3.05, 3.63) is 41.7 Å². The second-order valence-electron chi connectivity index (χ2n) is 8.38. The zero-order valence-corrected chi connectivity index (χ0v) is 18.5. The summed E-state index contributed by atoms with van der Waals surface area (Å²) in [5.74, 6) is -0.462. The number of aromatic nitrogens is 3. The second kappa shape index (κ2) is 8.81. The Kier molecular flexibility index (Phi) is 6.09. The highest BCUT2D eigenvalue weighted by atomic mass is 32.2. The quantitative estimate of drug-likeness (QED) is 0.695. The maximum absolute atomic E-state index is 12.7. The number of amides is 2. The number of piperidine rings is 1. The number of Topliss-reactive ketones (excluding diaryl/α,β-unsaturated/α-hetero) is 1. The number of nitrogens with one attached hydrogen (secondary N) is 1. The molecule has 11 heteroatoms. The van der Waals surface area contributed by atoms with Crippen molar-refractivity contribution in [3.63, 3.8) is 0 Å². The molecule has 2 aliphatic rings. The van der Waals surface area contributed by atoms with Crippen molar-refractivity contribution >= 4 is 27.4 Å². The minimum absolute atomic E-state index is 0.0240. The zero-order valence-electron chi connectivity index (χ0n) is 17.7. The van der Waals surface area contributed by atoms with Crippen molar-refractivity contribution in [1.29, 1.82) is 0 Å². The van der Waals surface area contributed by atoms with Crippen LogP contribution in [-0.4, -0.2) is 69.5 Å². The third kappa shape index (κ3) is 4.87. The van der Waals surface area contributed by atoms with Gasteiger partial charge in [0, 0.05) is 24.4 Å². The van der Waals surface area contributed by atoms with Crippen molar-refractivity contribution in [1.82, 2.24) is 25.2 Å². The molecule has 0 radical (unpaired) electrons. The molecule has 2 atom stereocenters. The van der Waals surface area contributed by atoms with E-state index in [0.717, 1.165) is 0 Å². The third-order valence-electron chi connectivity index (χ3n) is 5.91. The summed E-state index contributed by atoms with van der Waals surface area (Å²) in [4.78, 5) is 37.8. The summed E-state index contributed by atoms with van der Waals surface area (Å²) in [5, 5.41) is 10.6. The molecule has 2 saturated heterocycles. The molecule has 0 bridgehead atoms. The van der Waals surface area contributed by atoms with Gasteiger partial charge in [-0.3, -0.25) is 14.4 Å². The molecule has 0 spiro atoms. The Morgan fingerprint density at radius 1 is 1.22 bits per heavy atom. The molecule has 170 valence electrons. The van der Waals surface area contributed by atoms with Crippen molar-refractivity contribution in [2.45, 2.75) is 50.4 Å². The predicted octanol–water partition coefficient (Wildman–Crippen LogP) is 0.654. The Hall–Kier alpha value is -3.08. The number of hydrogen-bond acceptors (Lipinski definition) is 7. The summed E-state index contributed by atoms with van der Waals surface area (Å²) in [7, 11) is -3.19. The van der Waals surface area contributed by atoms with Gasteiger partial charge in [-0.1, -0.05) is 11.3 Å². The molecule has 2 aromatic rings. The zero-order chi connectivity index (χ0) is 22.9. The van der Waals surface area contributed by atoms with E-state index in [9.17, 15) is 22.8 Å². The molecule has 10 nitrogen and oxygen atoms in total. The lowest BCUT2D eigenvalue weighted by molar-refractivity contribution is -0.140. The highest BCUT2D eigenvalue weighted by Crippen LogP contribution is 2.20. The normalized spacial score (nSPS) is 23.2. The van der Waals surface area contributed by atoms with E-state index in [4.69, 9.17) is 0 Å². The fourth-order valence-corrected chi connectivity index (χ4v) is 5.57. The van der Waals surface area contributed by atoms with Crippen LogP contribution in [0, 0.1) is 0 Å². The molecule has 1 N–H and O–H groups in total. The average Bonchev–Trinajstić information content (AvgIpc) is 3.22. The first kappa shape index (κ1) is 22.1. The lowest BCUT2D eigenvalue weighted by Crippen LogP contribution is -2.45. The summed E-state index contributed by atoms with van der Waals surface area (Å²) in [6.45, 7) is 1.97. The molecular formula is C21H25N5O5S. The van der Waals surface area contributed by atoms with Gasteiger partial charge in [0.05, 0.1) is 36.0 Å². The first-order valence-corrected chi connectivity index (χ1v) is 12.3. The molecule has 2 unspecified atom stereocenters. The lowest BCUT2D eigenvalue weighted by Gasteiger charge is -2.27. The van der Waals surface area contributed by atoms with Crippen LogP contribution in [0.15, 0.2) is 30.5 Å². The molecule has 2 amide bonds. The molecule has 1 aromatic heterocycles. The van der Waals surface area contributed by atoms with Gasteiger partial charge in [-0.15, -0.1) is 5.10 Å². The van der Waals surface area contributed by atoms with Crippen LogP contribution in [0.4, 0.5) is 0 Å². The summed E-state index contributed by atoms with van der Waals surface area (Å²) >= 11 is 0. The number of hydrogen-bond donors (Lipinski definition) is 1. The third-order valence-corrected chi connectivity index (χ3v) is 8.24. The molecular weight excluding hydrogens is 434 g/mol. The topological polar surface area (TPSA) is 131 Å². The maximum atomic E-state index is 12.7. The second-order valence-corrected chi connectivity index (χ2v) is 10.8. The summed E-state index contributed by atoms with van der Waals surface area (Å²) in [5.41, 5.74) is 1.51. The van der Waals surface area contributed by atoms with Gasteiger partial charge in [-0.25, -0.2) is 13.1 Å². The van der Waals surface area contributed by atoms with Gasteiger partial charge in [0.25, 0.3) is 5.91 Å². The van der Waals surface area contributed by atoms with Crippen LogP contribution in [0.25, 0.3) is 5.69 Å². The van der Waals surface area contributed by atoms with Gasteiger partial charge in [0.1, 0.15) is 5.69 Å². The highest BCUT2D eigenvalue weighted by Gasteiger charge is 2.32. The van der Waals surface area contributed by atoms with Crippen LogP contribution in [0.5, 0.6) is 0 Å². The van der Waals surface area contributed by atoms with Gasteiger partial charge < -0.3 is 10.2 Å². The Balaban J connectivity index is 1.43. The van der Waals surface area contributed by atoms with Gasteiger partial charge in [-0.2, -0.15) is 0 Å². The average molecular weight is 460 g/mol. The van der Waals surface area contributed by atoms with Gasteiger partial charge in [0.15, 0.2) is 15.6 Å². The summed E-state index contributed by atoms with van der Waals surface area (Å²) in [6.07, 6.45) is 3.29. The van der Waals surface area contributed by atoms with Crippen LogP contribution in [-0.2, 0) is 26.0 Å². The molecule has 1 aromatic carbocycles. The van der Waals surface area contributed by atoms with Gasteiger partial charge in [0.2, 0.25) is 5.91 Å². The van der Waals surface area contributed by atoms with E-state index < -0.39 is 15.9 Å². The van der Waals surface area contributed by atoms with E-state index >= 15 is 0 Å². The smallest absolute Gasteiger partial charge is 0.251 e. The number of ketones is 1. The van der Waals surface area contributed by atoms with Crippen molar-refractivity contribution in [3.8, 4) is 5.69 Å². The van der Waals surface area contributed by atoms with E-state index in [-0.39, 0.29) is 54.5 Å². The van der Waals surface area contributed by atoms with E-state index in [0.29, 0.717) is 29.8 Å². The minimum Gasteiger partial charge on any atom is -0.348 e. The Morgan fingerprint density at radius 2 is 2.03 bits per heavy atom. The van der Waals surface area contributed by atoms with Crippen molar-refractivity contribution in [2.75, 3.05) is 12.3 Å². The van der Waals surface area contributed by atoms with Crippen LogP contribution < -0.4 is 5.32 Å². The number of likely N-dealkylation sites (tertiary alicyclic amines) is 1. The van der Waals surface area contributed by atoms with Crippen molar-refractivity contribution in [2.24, 2.45) is 0 Å². The SMILES string of the molecule is CC1CCC(NC(=O)c2cccc(-n3cc(CN4CC(=O)CCC4=O)nn3)c2)CS1(=O)=O. The van der Waals surface area contributed by atoms with Crippen molar-refractivity contribution < 1.29 is 22.8 Å². The Morgan fingerprint density at radius 3 is 2.81 bits per heavy atom.